The van der Waals surface area contributed by atoms with E-state index in [4.69, 9.17) is 10.3 Å². The van der Waals surface area contributed by atoms with Crippen LogP contribution in [0.1, 0.15) is 12.8 Å². The Balaban J connectivity index is 2.47. The van der Waals surface area contributed by atoms with Crippen LogP contribution >= 0.6 is 22.6 Å². The Hall–Kier alpha value is 0. The molecule has 5 heteroatoms. The number of hydrogen-bond donors (Lipinski definition) is 0. The Morgan fingerprint density at radius 2 is 2.50 bits per heavy atom. The lowest BCUT2D eigenvalue weighted by Crippen LogP contribution is -2.27. The molecular weight excluding hydrogens is 245 g/mol. The molecule has 0 aromatic heterocycles. The van der Waals surface area contributed by atoms with Crippen LogP contribution in [0.3, 0.4) is 0 Å². The van der Waals surface area contributed by atoms with E-state index >= 15 is 0 Å². The summed E-state index contributed by atoms with van der Waals surface area (Å²) >= 11 is 2.25. The highest BCUT2D eigenvalue weighted by atomic mass is 127. The molecule has 4 nitrogen and oxygen atoms in total. The minimum Gasteiger partial charge on any atom is -0.371 e. The summed E-state index contributed by atoms with van der Waals surface area (Å²) in [4.78, 5) is 2.70. The first-order valence-electron chi connectivity index (χ1n) is 3.14. The summed E-state index contributed by atoms with van der Waals surface area (Å²) in [7, 11) is 0. The van der Waals surface area contributed by atoms with Gasteiger partial charge < -0.3 is 4.74 Å². The summed E-state index contributed by atoms with van der Waals surface area (Å²) in [5.74, 6) is 0. The molecule has 0 amide bonds. The van der Waals surface area contributed by atoms with Crippen molar-refractivity contribution in [3.8, 4) is 0 Å². The average Bonchev–Trinajstić information content (AvgIpc) is 1.94. The van der Waals surface area contributed by atoms with Crippen molar-refractivity contribution < 1.29 is 4.74 Å². The third-order valence-electron chi connectivity index (χ3n) is 1.39. The lowest BCUT2D eigenvalue weighted by atomic mass is 10.2. The number of hydrogen-bond acceptors (Lipinski definition) is 2. The van der Waals surface area contributed by atoms with Crippen LogP contribution in [0.5, 0.6) is 0 Å². The van der Waals surface area contributed by atoms with Crippen LogP contribution in [0, 0.1) is 0 Å². The average molecular weight is 253 g/mol. The molecule has 0 bridgehead atoms. The van der Waals surface area contributed by atoms with Crippen molar-refractivity contribution in [1.29, 1.82) is 0 Å². The van der Waals surface area contributed by atoms with E-state index in [9.17, 15) is 0 Å². The first kappa shape index (κ1) is 8.10. The molecule has 56 valence electrons. The van der Waals surface area contributed by atoms with E-state index in [1.165, 1.54) is 0 Å². The lowest BCUT2D eigenvalue weighted by Gasteiger charge is -2.23. The van der Waals surface area contributed by atoms with Crippen LogP contribution in [-0.4, -0.2) is 16.8 Å². The first-order chi connectivity index (χ1) is 4.84. The van der Waals surface area contributed by atoms with Gasteiger partial charge in [-0.15, -0.1) is 0 Å². The number of halogens is 1. The summed E-state index contributed by atoms with van der Waals surface area (Å²) in [5.41, 5.74) is 8.11. The van der Waals surface area contributed by atoms with Gasteiger partial charge in [0.2, 0.25) is 0 Å². The van der Waals surface area contributed by atoms with Gasteiger partial charge in [-0.2, -0.15) is 0 Å². The fourth-order valence-electron chi connectivity index (χ4n) is 0.886. The summed E-state index contributed by atoms with van der Waals surface area (Å²) in [6.45, 7) is 0.725. The van der Waals surface area contributed by atoms with E-state index in [0.717, 1.165) is 19.4 Å². The maximum absolute atomic E-state index is 8.11. The predicted octanol–water partition coefficient (Wildman–Crippen LogP) is 2.24. The van der Waals surface area contributed by atoms with Gasteiger partial charge in [0, 0.05) is 15.4 Å². The normalized spacial score (nSPS) is 32.9. The molecule has 0 aromatic rings. The van der Waals surface area contributed by atoms with Crippen molar-refractivity contribution in [2.45, 2.75) is 23.0 Å². The van der Waals surface area contributed by atoms with E-state index in [2.05, 4.69) is 32.6 Å². The molecule has 1 rings (SSSR count). The fourth-order valence-corrected chi connectivity index (χ4v) is 1.68. The molecule has 0 aromatic carbocycles. The molecule has 1 aliphatic rings. The molecule has 0 aliphatic carbocycles. The van der Waals surface area contributed by atoms with E-state index in [1.54, 1.807) is 0 Å². The van der Waals surface area contributed by atoms with E-state index in [-0.39, 0.29) is 6.23 Å². The van der Waals surface area contributed by atoms with Gasteiger partial charge in [0.25, 0.3) is 0 Å². The standard InChI is InChI=1S/C5H8IN3O/c6-4-2-1-3-10-5(4)8-9-7/h4-5H,1-3H2. The fraction of sp³-hybridized carbons (Fsp3) is 1.00. The molecule has 2 atom stereocenters. The van der Waals surface area contributed by atoms with Crippen LogP contribution in [0.2, 0.25) is 0 Å². The molecule has 0 spiro atoms. The van der Waals surface area contributed by atoms with Crippen LogP contribution in [0.15, 0.2) is 5.11 Å². The summed E-state index contributed by atoms with van der Waals surface area (Å²) in [6, 6.07) is 0. The monoisotopic (exact) mass is 253 g/mol. The van der Waals surface area contributed by atoms with Gasteiger partial charge in [-0.05, 0) is 18.4 Å². The summed E-state index contributed by atoms with van der Waals surface area (Å²) in [5, 5.41) is 3.52. The van der Waals surface area contributed by atoms with Crippen molar-refractivity contribution in [3.63, 3.8) is 0 Å². The van der Waals surface area contributed by atoms with Crippen molar-refractivity contribution in [3.05, 3.63) is 10.4 Å². The Labute approximate surface area is 72.7 Å². The number of azide groups is 1. The van der Waals surface area contributed by atoms with Crippen molar-refractivity contribution in [2.75, 3.05) is 6.61 Å². The second-order valence-electron chi connectivity index (χ2n) is 2.12. The van der Waals surface area contributed by atoms with Crippen molar-refractivity contribution in [1.82, 2.24) is 0 Å². The van der Waals surface area contributed by atoms with Gasteiger partial charge in [-0.3, -0.25) is 0 Å². The molecule has 1 saturated heterocycles. The summed E-state index contributed by atoms with van der Waals surface area (Å²) < 4.78 is 5.55. The first-order valence-corrected chi connectivity index (χ1v) is 4.39. The zero-order chi connectivity index (χ0) is 7.40. The highest BCUT2D eigenvalue weighted by molar-refractivity contribution is 14.1. The maximum atomic E-state index is 8.11. The van der Waals surface area contributed by atoms with E-state index in [0.29, 0.717) is 3.92 Å². The van der Waals surface area contributed by atoms with Gasteiger partial charge >= 0.3 is 0 Å². The quantitative estimate of drug-likeness (QED) is 0.232. The van der Waals surface area contributed by atoms with Gasteiger partial charge in [-0.1, -0.05) is 27.7 Å². The maximum Gasteiger partial charge on any atom is 0.148 e. The van der Waals surface area contributed by atoms with Gasteiger partial charge in [0.15, 0.2) is 0 Å². The van der Waals surface area contributed by atoms with Crippen molar-refractivity contribution in [2.24, 2.45) is 5.11 Å². The lowest BCUT2D eigenvalue weighted by molar-refractivity contribution is 0.0298. The number of rotatable bonds is 1. The molecule has 0 saturated carbocycles. The Bertz CT molecular complexity index is 157. The van der Waals surface area contributed by atoms with Gasteiger partial charge in [0.05, 0.1) is 0 Å². The second kappa shape index (κ2) is 4.00. The molecule has 1 heterocycles. The minimum atomic E-state index is -0.237. The Kier molecular flexibility index (Phi) is 3.24. The zero-order valence-corrected chi connectivity index (χ0v) is 7.56. The van der Waals surface area contributed by atoms with Crippen LogP contribution in [0.25, 0.3) is 10.4 Å². The molecule has 1 aliphatic heterocycles. The van der Waals surface area contributed by atoms with Crippen LogP contribution < -0.4 is 0 Å². The second-order valence-corrected chi connectivity index (χ2v) is 3.72. The minimum absolute atomic E-state index is 0.237. The topological polar surface area (TPSA) is 58.0 Å². The highest BCUT2D eigenvalue weighted by Crippen LogP contribution is 2.22. The molecule has 2 unspecified atom stereocenters. The van der Waals surface area contributed by atoms with Crippen molar-refractivity contribution >= 4 is 22.6 Å². The van der Waals surface area contributed by atoms with E-state index in [1.807, 2.05) is 0 Å². The smallest absolute Gasteiger partial charge is 0.148 e. The number of ether oxygens (including phenoxy) is 1. The van der Waals surface area contributed by atoms with Gasteiger partial charge in [-0.25, -0.2) is 0 Å². The zero-order valence-electron chi connectivity index (χ0n) is 5.40. The molecule has 1 fully saturated rings. The van der Waals surface area contributed by atoms with E-state index < -0.39 is 0 Å². The molecule has 0 radical (unpaired) electrons. The largest absolute Gasteiger partial charge is 0.371 e. The third kappa shape index (κ3) is 2.00. The third-order valence-corrected chi connectivity index (χ3v) is 2.63. The van der Waals surface area contributed by atoms with Gasteiger partial charge in [0.1, 0.15) is 6.23 Å². The SMILES string of the molecule is [N-]=[N+]=NC1OCCCC1I. The van der Waals surface area contributed by atoms with Crippen LogP contribution in [-0.2, 0) is 4.74 Å². The highest BCUT2D eigenvalue weighted by Gasteiger charge is 2.21. The molecule has 0 N–H and O–H groups in total. The molecular formula is C5H8IN3O. The number of nitrogens with zero attached hydrogens (tertiary/aromatic N) is 3. The predicted molar refractivity (Wildman–Crippen MR) is 45.9 cm³/mol. The Morgan fingerprint density at radius 1 is 1.70 bits per heavy atom. The molecule has 10 heavy (non-hydrogen) atoms. The Morgan fingerprint density at radius 3 is 3.10 bits per heavy atom. The number of alkyl halides is 1. The summed E-state index contributed by atoms with van der Waals surface area (Å²) in [6.07, 6.45) is 1.93. The van der Waals surface area contributed by atoms with Crippen LogP contribution in [0.4, 0.5) is 0 Å².